The van der Waals surface area contributed by atoms with Crippen molar-refractivity contribution in [2.45, 2.75) is 51.3 Å². The number of carbonyl (C=O) groups excluding carboxylic acids is 3. The zero-order valence-corrected chi connectivity index (χ0v) is 19.1. The summed E-state index contributed by atoms with van der Waals surface area (Å²) in [5.74, 6) is -1.21. The first-order valence-electron chi connectivity index (χ1n) is 10.8. The van der Waals surface area contributed by atoms with Crippen molar-refractivity contribution in [3.8, 4) is 5.75 Å². The average Bonchev–Trinajstić information content (AvgIpc) is 3.28. The van der Waals surface area contributed by atoms with Gasteiger partial charge in [-0.3, -0.25) is 9.59 Å². The van der Waals surface area contributed by atoms with Gasteiger partial charge in [-0.25, -0.2) is 14.2 Å². The fraction of sp³-hybridized carbons (Fsp3) is 0.455. The Balaban J connectivity index is 1.51. The molecule has 1 fully saturated rings. The second-order valence-corrected chi connectivity index (χ2v) is 8.39. The largest absolute Gasteiger partial charge is 0.483 e. The first-order chi connectivity index (χ1) is 16.0. The fourth-order valence-electron chi connectivity index (χ4n) is 3.49. The van der Waals surface area contributed by atoms with Crippen molar-refractivity contribution < 1.29 is 28.2 Å². The molecule has 2 atom stereocenters. The van der Waals surface area contributed by atoms with Gasteiger partial charge in [0, 0.05) is 11.4 Å². The van der Waals surface area contributed by atoms with Crippen LogP contribution in [-0.2, 0) is 16.1 Å². The lowest BCUT2D eigenvalue weighted by Gasteiger charge is -2.32. The summed E-state index contributed by atoms with van der Waals surface area (Å²) in [6.07, 6.45) is 3.26. The average molecular weight is 479 g/mol. The summed E-state index contributed by atoms with van der Waals surface area (Å²) in [6.45, 7) is 1.76. The standard InChI is InChI=1S/C22H27FN4O5S/c1-2-31-20(28)11-24-22(30)27-16-9-5-4-8-15(16)26-21(29)17-13-33-19(25-17)12-32-18-10-6-3-7-14(18)23/h3,6-7,10,13,15-16H,2,4-5,8-9,11-12H2,1H3,(H,26,29)(H2,24,27,30)/t15-,16-/m1/s1. The molecular weight excluding hydrogens is 451 g/mol. The van der Waals surface area contributed by atoms with E-state index in [-0.39, 0.29) is 49.2 Å². The summed E-state index contributed by atoms with van der Waals surface area (Å²) in [4.78, 5) is 40.5. The minimum absolute atomic E-state index is 0.0487. The molecule has 3 N–H and O–H groups in total. The SMILES string of the molecule is CCOC(=O)CNC(=O)N[C@@H]1CCCC[C@H]1NC(=O)c1csc(COc2ccccc2F)n1. The zero-order valence-electron chi connectivity index (χ0n) is 18.3. The molecule has 1 aromatic carbocycles. The van der Waals surface area contributed by atoms with E-state index in [4.69, 9.17) is 9.47 Å². The van der Waals surface area contributed by atoms with E-state index >= 15 is 0 Å². The van der Waals surface area contributed by atoms with E-state index < -0.39 is 17.8 Å². The number of nitrogens with zero attached hydrogens (tertiary/aromatic N) is 1. The number of ether oxygens (including phenoxy) is 2. The van der Waals surface area contributed by atoms with Gasteiger partial charge >= 0.3 is 12.0 Å². The first kappa shape index (κ1) is 24.4. The number of benzene rings is 1. The lowest BCUT2D eigenvalue weighted by molar-refractivity contribution is -0.141. The molecule has 0 unspecified atom stereocenters. The summed E-state index contributed by atoms with van der Waals surface area (Å²) in [5.41, 5.74) is 0.239. The van der Waals surface area contributed by atoms with Crippen LogP contribution in [0.15, 0.2) is 29.6 Å². The van der Waals surface area contributed by atoms with E-state index in [1.165, 1.54) is 23.5 Å². The third kappa shape index (κ3) is 7.41. The molecule has 0 saturated heterocycles. The fourth-order valence-corrected chi connectivity index (χ4v) is 4.17. The van der Waals surface area contributed by atoms with E-state index in [9.17, 15) is 18.8 Å². The lowest BCUT2D eigenvalue weighted by atomic mass is 9.90. The third-order valence-electron chi connectivity index (χ3n) is 5.07. The molecule has 11 heteroatoms. The Morgan fingerprint density at radius 1 is 1.15 bits per heavy atom. The Kier molecular flexibility index (Phi) is 8.99. The smallest absolute Gasteiger partial charge is 0.325 e. The van der Waals surface area contributed by atoms with Crippen molar-refractivity contribution in [1.82, 2.24) is 20.9 Å². The van der Waals surface area contributed by atoms with Crippen molar-refractivity contribution in [2.24, 2.45) is 0 Å². The maximum atomic E-state index is 13.7. The maximum absolute atomic E-state index is 13.7. The minimum atomic E-state index is -0.514. The highest BCUT2D eigenvalue weighted by atomic mass is 32.1. The number of nitrogens with one attached hydrogen (secondary N) is 3. The Morgan fingerprint density at radius 2 is 1.88 bits per heavy atom. The van der Waals surface area contributed by atoms with Gasteiger partial charge in [-0.1, -0.05) is 25.0 Å². The van der Waals surface area contributed by atoms with Crippen LogP contribution in [0.25, 0.3) is 0 Å². The van der Waals surface area contributed by atoms with Crippen LogP contribution in [0.5, 0.6) is 5.75 Å². The molecule has 9 nitrogen and oxygen atoms in total. The predicted molar refractivity (Wildman–Crippen MR) is 120 cm³/mol. The number of esters is 1. The molecular formula is C22H27FN4O5S. The van der Waals surface area contributed by atoms with E-state index in [1.54, 1.807) is 24.4 Å². The molecule has 1 heterocycles. The van der Waals surface area contributed by atoms with Crippen molar-refractivity contribution in [2.75, 3.05) is 13.2 Å². The number of hydrogen-bond acceptors (Lipinski definition) is 7. The highest BCUT2D eigenvalue weighted by molar-refractivity contribution is 7.09. The molecule has 0 spiro atoms. The summed E-state index contributed by atoms with van der Waals surface area (Å²) < 4.78 is 23.9. The van der Waals surface area contributed by atoms with Crippen LogP contribution in [0.1, 0.15) is 48.1 Å². The molecule has 3 rings (SSSR count). The number of hydrogen-bond donors (Lipinski definition) is 3. The van der Waals surface area contributed by atoms with Gasteiger partial charge in [-0.2, -0.15) is 0 Å². The normalized spacial score (nSPS) is 17.6. The van der Waals surface area contributed by atoms with Crippen molar-refractivity contribution >= 4 is 29.2 Å². The maximum Gasteiger partial charge on any atom is 0.325 e. The van der Waals surface area contributed by atoms with Gasteiger partial charge in [-0.15, -0.1) is 11.3 Å². The highest BCUT2D eigenvalue weighted by Crippen LogP contribution is 2.21. The molecule has 33 heavy (non-hydrogen) atoms. The number of urea groups is 1. The van der Waals surface area contributed by atoms with Crippen molar-refractivity contribution in [3.63, 3.8) is 0 Å². The highest BCUT2D eigenvalue weighted by Gasteiger charge is 2.29. The number of carbonyl (C=O) groups is 3. The number of halogens is 1. The quantitative estimate of drug-likeness (QED) is 0.477. The van der Waals surface area contributed by atoms with Gasteiger partial charge in [0.2, 0.25) is 0 Å². The van der Waals surface area contributed by atoms with Gasteiger partial charge in [0.1, 0.15) is 23.9 Å². The monoisotopic (exact) mass is 478 g/mol. The van der Waals surface area contributed by atoms with Gasteiger partial charge in [0.25, 0.3) is 5.91 Å². The lowest BCUT2D eigenvalue weighted by Crippen LogP contribution is -2.55. The Labute approximate surface area is 195 Å². The van der Waals surface area contributed by atoms with Crippen LogP contribution >= 0.6 is 11.3 Å². The summed E-state index contributed by atoms with van der Waals surface area (Å²) in [6, 6.07) is 5.05. The Hall–Kier alpha value is -3.21. The number of amides is 3. The van der Waals surface area contributed by atoms with Crippen LogP contribution in [0.2, 0.25) is 0 Å². The predicted octanol–water partition coefficient (Wildman–Crippen LogP) is 2.76. The molecule has 1 aliphatic carbocycles. The van der Waals surface area contributed by atoms with Gasteiger partial charge in [-0.05, 0) is 31.9 Å². The number of thiazole rings is 1. The summed E-state index contributed by atoms with van der Waals surface area (Å²) >= 11 is 1.25. The number of rotatable bonds is 9. The van der Waals surface area contributed by atoms with E-state index in [1.807, 2.05) is 0 Å². The molecule has 0 radical (unpaired) electrons. The second-order valence-electron chi connectivity index (χ2n) is 7.45. The van der Waals surface area contributed by atoms with Gasteiger partial charge in [0.05, 0.1) is 12.6 Å². The van der Waals surface area contributed by atoms with Crippen molar-refractivity contribution in [1.29, 1.82) is 0 Å². The van der Waals surface area contributed by atoms with Crippen LogP contribution in [0.4, 0.5) is 9.18 Å². The molecule has 3 amide bonds. The van der Waals surface area contributed by atoms with Gasteiger partial charge in [0.15, 0.2) is 11.6 Å². The van der Waals surface area contributed by atoms with Crippen molar-refractivity contribution in [3.05, 3.63) is 46.2 Å². The van der Waals surface area contributed by atoms with Crippen LogP contribution < -0.4 is 20.7 Å². The number of para-hydroxylation sites is 1. The third-order valence-corrected chi connectivity index (χ3v) is 5.89. The molecule has 1 aromatic heterocycles. The molecule has 0 bridgehead atoms. The summed E-state index contributed by atoms with van der Waals surface area (Å²) in [5, 5.41) is 10.4. The van der Waals surface area contributed by atoms with Gasteiger partial charge < -0.3 is 25.4 Å². The zero-order chi connectivity index (χ0) is 23.6. The second kappa shape index (κ2) is 12.1. The molecule has 0 aliphatic heterocycles. The summed E-state index contributed by atoms with van der Waals surface area (Å²) in [7, 11) is 0. The van der Waals surface area contributed by atoms with E-state index in [2.05, 4.69) is 20.9 Å². The molecule has 178 valence electrons. The molecule has 2 aromatic rings. The Morgan fingerprint density at radius 3 is 2.61 bits per heavy atom. The Bertz CT molecular complexity index is 970. The van der Waals surface area contributed by atoms with Crippen LogP contribution in [0, 0.1) is 5.82 Å². The molecule has 1 aliphatic rings. The van der Waals surface area contributed by atoms with E-state index in [0.29, 0.717) is 17.8 Å². The van der Waals surface area contributed by atoms with Crippen LogP contribution in [0.3, 0.4) is 0 Å². The number of aromatic nitrogens is 1. The van der Waals surface area contributed by atoms with E-state index in [0.717, 1.165) is 12.8 Å². The topological polar surface area (TPSA) is 119 Å². The minimum Gasteiger partial charge on any atom is -0.483 e. The first-order valence-corrected chi connectivity index (χ1v) is 11.7. The van der Waals surface area contributed by atoms with Crippen LogP contribution in [-0.4, -0.2) is 48.1 Å². The molecule has 1 saturated carbocycles.